The van der Waals surface area contributed by atoms with Crippen molar-refractivity contribution in [1.29, 1.82) is 0 Å². The Balaban J connectivity index is 1.67. The number of hydrogen-bond donors (Lipinski definition) is 2. The molecule has 1 aromatic carbocycles. The van der Waals surface area contributed by atoms with Crippen molar-refractivity contribution in [3.8, 4) is 0 Å². The van der Waals surface area contributed by atoms with Crippen LogP contribution < -0.4 is 5.32 Å². The number of nitrogens with one attached hydrogen (secondary N) is 2. The number of halogens is 1. The number of fused-ring (bicyclic) bond motifs is 1. The average Bonchev–Trinajstić information content (AvgIpc) is 2.68. The first-order valence-electron chi connectivity index (χ1n) is 7.77. The zero-order chi connectivity index (χ0) is 14.7. The van der Waals surface area contributed by atoms with E-state index >= 15 is 0 Å². The second-order valence-electron chi connectivity index (χ2n) is 5.94. The Bertz CT molecular complexity index is 627. The molecule has 0 radical (unpaired) electrons. The minimum Gasteiger partial charge on any atom is -0.361 e. The molecule has 112 valence electrons. The molecule has 2 N–H and O–H groups in total. The van der Waals surface area contributed by atoms with E-state index in [-0.39, 0.29) is 5.91 Å². The fourth-order valence-corrected chi connectivity index (χ4v) is 3.34. The predicted molar refractivity (Wildman–Crippen MR) is 86.6 cm³/mol. The lowest BCUT2D eigenvalue weighted by atomic mass is 10.1. The highest BCUT2D eigenvalue weighted by Gasteiger charge is 2.16. The highest BCUT2D eigenvalue weighted by atomic mass is 35.5. The number of hydrogen-bond acceptors (Lipinski definition) is 1. The van der Waals surface area contributed by atoms with Crippen LogP contribution >= 0.6 is 11.6 Å². The summed E-state index contributed by atoms with van der Waals surface area (Å²) in [6, 6.07) is 6.08. The van der Waals surface area contributed by atoms with Gasteiger partial charge in [0, 0.05) is 28.2 Å². The summed E-state index contributed by atoms with van der Waals surface area (Å²) in [5, 5.41) is 4.93. The molecule has 1 aliphatic rings. The molecule has 0 bridgehead atoms. The maximum atomic E-state index is 12.3. The number of benzene rings is 1. The predicted octanol–water partition coefficient (Wildman–Crippen LogP) is 4.20. The van der Waals surface area contributed by atoms with Crippen LogP contribution in [-0.2, 0) is 11.2 Å². The van der Waals surface area contributed by atoms with Crippen LogP contribution in [0.2, 0.25) is 5.02 Å². The summed E-state index contributed by atoms with van der Waals surface area (Å²) in [6.45, 7) is 0. The molecule has 1 aromatic heterocycles. The topological polar surface area (TPSA) is 44.9 Å². The maximum Gasteiger partial charge on any atom is 0.224 e. The van der Waals surface area contributed by atoms with Crippen LogP contribution in [0.3, 0.4) is 0 Å². The summed E-state index contributed by atoms with van der Waals surface area (Å²) in [4.78, 5) is 15.5. The molecule has 0 saturated heterocycles. The molecule has 0 unspecified atom stereocenters. The zero-order valence-corrected chi connectivity index (χ0v) is 12.9. The van der Waals surface area contributed by atoms with Crippen molar-refractivity contribution in [1.82, 2.24) is 10.3 Å². The van der Waals surface area contributed by atoms with E-state index in [1.165, 1.54) is 25.7 Å². The summed E-state index contributed by atoms with van der Waals surface area (Å²) in [5.74, 6) is 0.114. The quantitative estimate of drug-likeness (QED) is 0.820. The third kappa shape index (κ3) is 3.59. The fourth-order valence-electron chi connectivity index (χ4n) is 3.17. The molecular formula is C17H21ClN2O. The first-order valence-corrected chi connectivity index (χ1v) is 8.15. The largest absolute Gasteiger partial charge is 0.361 e. The molecule has 0 spiro atoms. The van der Waals surface area contributed by atoms with E-state index in [0.29, 0.717) is 17.5 Å². The Morgan fingerprint density at radius 2 is 2.00 bits per heavy atom. The van der Waals surface area contributed by atoms with Gasteiger partial charge in [-0.2, -0.15) is 0 Å². The highest BCUT2D eigenvalue weighted by Crippen LogP contribution is 2.23. The van der Waals surface area contributed by atoms with E-state index in [0.717, 1.165) is 29.3 Å². The number of aromatic amines is 1. The minimum absolute atomic E-state index is 0.114. The Labute approximate surface area is 130 Å². The molecule has 0 atom stereocenters. The van der Waals surface area contributed by atoms with Gasteiger partial charge in [-0.15, -0.1) is 0 Å². The lowest BCUT2D eigenvalue weighted by molar-refractivity contribution is -0.121. The lowest BCUT2D eigenvalue weighted by Crippen LogP contribution is -2.35. The molecule has 1 saturated carbocycles. The van der Waals surface area contributed by atoms with E-state index in [1.54, 1.807) is 0 Å². The van der Waals surface area contributed by atoms with Gasteiger partial charge in [0.05, 0.1) is 6.42 Å². The fraction of sp³-hybridized carbons (Fsp3) is 0.471. The monoisotopic (exact) mass is 304 g/mol. The van der Waals surface area contributed by atoms with Gasteiger partial charge >= 0.3 is 0 Å². The van der Waals surface area contributed by atoms with Crippen molar-refractivity contribution in [3.63, 3.8) is 0 Å². The van der Waals surface area contributed by atoms with Gasteiger partial charge < -0.3 is 10.3 Å². The van der Waals surface area contributed by atoms with Crippen molar-refractivity contribution < 1.29 is 4.79 Å². The lowest BCUT2D eigenvalue weighted by Gasteiger charge is -2.16. The highest BCUT2D eigenvalue weighted by molar-refractivity contribution is 6.31. The molecule has 1 heterocycles. The molecule has 1 fully saturated rings. The van der Waals surface area contributed by atoms with Crippen LogP contribution in [0.25, 0.3) is 10.9 Å². The smallest absolute Gasteiger partial charge is 0.224 e. The standard InChI is InChI=1S/C17H21ClN2O/c18-13-7-8-16-15(10-13)12(11-19-16)9-17(21)20-14-5-3-1-2-4-6-14/h7-8,10-11,14,19H,1-6,9H2,(H,20,21). The summed E-state index contributed by atoms with van der Waals surface area (Å²) < 4.78 is 0. The molecule has 3 rings (SSSR count). The van der Waals surface area contributed by atoms with Crippen molar-refractivity contribution in [2.45, 2.75) is 51.0 Å². The van der Waals surface area contributed by atoms with Gasteiger partial charge in [-0.3, -0.25) is 4.79 Å². The summed E-state index contributed by atoms with van der Waals surface area (Å²) in [7, 11) is 0. The van der Waals surface area contributed by atoms with Crippen molar-refractivity contribution in [3.05, 3.63) is 35.0 Å². The Hall–Kier alpha value is -1.48. The summed E-state index contributed by atoms with van der Waals surface area (Å²) in [5.41, 5.74) is 2.04. The first-order chi connectivity index (χ1) is 10.2. The van der Waals surface area contributed by atoms with Crippen LogP contribution in [0, 0.1) is 0 Å². The first kappa shape index (κ1) is 14.5. The van der Waals surface area contributed by atoms with Crippen LogP contribution in [0.5, 0.6) is 0 Å². The number of carbonyl (C=O) groups is 1. The van der Waals surface area contributed by atoms with Gasteiger partial charge in [0.15, 0.2) is 0 Å². The van der Waals surface area contributed by atoms with Crippen LogP contribution in [0.4, 0.5) is 0 Å². The van der Waals surface area contributed by atoms with E-state index < -0.39 is 0 Å². The number of amides is 1. The molecule has 1 amide bonds. The van der Waals surface area contributed by atoms with Gasteiger partial charge in [0.2, 0.25) is 5.91 Å². The summed E-state index contributed by atoms with van der Waals surface area (Å²) >= 11 is 6.04. The van der Waals surface area contributed by atoms with Gasteiger partial charge in [-0.05, 0) is 36.6 Å². The van der Waals surface area contributed by atoms with Gasteiger partial charge in [0.1, 0.15) is 0 Å². The second-order valence-corrected chi connectivity index (χ2v) is 6.37. The Kier molecular flexibility index (Phi) is 4.49. The van der Waals surface area contributed by atoms with E-state index in [4.69, 9.17) is 11.6 Å². The Morgan fingerprint density at radius 3 is 2.76 bits per heavy atom. The van der Waals surface area contributed by atoms with Crippen LogP contribution in [0.1, 0.15) is 44.1 Å². The van der Waals surface area contributed by atoms with E-state index in [2.05, 4.69) is 10.3 Å². The van der Waals surface area contributed by atoms with Gasteiger partial charge in [-0.1, -0.05) is 37.3 Å². The number of rotatable bonds is 3. The molecule has 0 aliphatic heterocycles. The van der Waals surface area contributed by atoms with Crippen molar-refractivity contribution >= 4 is 28.4 Å². The number of aromatic nitrogens is 1. The van der Waals surface area contributed by atoms with Crippen LogP contribution in [0.15, 0.2) is 24.4 Å². The third-order valence-electron chi connectivity index (χ3n) is 4.30. The maximum absolute atomic E-state index is 12.3. The molecule has 3 nitrogen and oxygen atoms in total. The third-order valence-corrected chi connectivity index (χ3v) is 4.54. The normalized spacial score (nSPS) is 16.8. The molecular weight excluding hydrogens is 284 g/mol. The molecule has 4 heteroatoms. The van der Waals surface area contributed by atoms with Gasteiger partial charge in [-0.25, -0.2) is 0 Å². The molecule has 21 heavy (non-hydrogen) atoms. The minimum atomic E-state index is 0.114. The number of carbonyl (C=O) groups excluding carboxylic acids is 1. The SMILES string of the molecule is O=C(Cc1c[nH]c2ccc(Cl)cc12)NC1CCCCCC1. The summed E-state index contributed by atoms with van der Waals surface area (Å²) in [6.07, 6.45) is 9.61. The van der Waals surface area contributed by atoms with Crippen molar-refractivity contribution in [2.24, 2.45) is 0 Å². The van der Waals surface area contributed by atoms with Gasteiger partial charge in [0.25, 0.3) is 0 Å². The number of H-pyrrole nitrogens is 1. The second kappa shape index (κ2) is 6.52. The molecule has 1 aliphatic carbocycles. The van der Waals surface area contributed by atoms with Crippen LogP contribution in [-0.4, -0.2) is 16.9 Å². The zero-order valence-electron chi connectivity index (χ0n) is 12.1. The average molecular weight is 305 g/mol. The van der Waals surface area contributed by atoms with E-state index in [9.17, 15) is 4.79 Å². The van der Waals surface area contributed by atoms with E-state index in [1.807, 2.05) is 24.4 Å². The molecule has 2 aromatic rings. The Morgan fingerprint density at radius 1 is 1.24 bits per heavy atom. The van der Waals surface area contributed by atoms with Crippen molar-refractivity contribution in [2.75, 3.05) is 0 Å².